The molecular formula is C19H17ClN2O4. The number of esters is 1. The van der Waals surface area contributed by atoms with Gasteiger partial charge >= 0.3 is 5.97 Å². The average Bonchev–Trinajstić information content (AvgIpc) is 3.09. The maximum absolute atomic E-state index is 12.3. The molecule has 7 heteroatoms. The molecular weight excluding hydrogens is 356 g/mol. The predicted octanol–water partition coefficient (Wildman–Crippen LogP) is 2.20. The lowest BCUT2D eigenvalue weighted by Gasteiger charge is -2.17. The highest BCUT2D eigenvalue weighted by Crippen LogP contribution is 2.27. The van der Waals surface area contributed by atoms with Crippen molar-refractivity contribution in [1.29, 1.82) is 0 Å². The van der Waals surface area contributed by atoms with Gasteiger partial charge in [0.25, 0.3) is 11.8 Å². The first-order valence-corrected chi connectivity index (χ1v) is 8.50. The number of hydrogen-bond acceptors (Lipinski definition) is 4. The molecule has 2 aromatic rings. The SMILES string of the molecule is O=C(CNC(=O)c1ccc(Cl)cc1)OCC(=O)N1CCc2ccccc21. The summed E-state index contributed by atoms with van der Waals surface area (Å²) in [4.78, 5) is 37.5. The second-order valence-electron chi connectivity index (χ2n) is 5.77. The first kappa shape index (κ1) is 17.9. The molecule has 3 rings (SSSR count). The van der Waals surface area contributed by atoms with Gasteiger partial charge in [0.1, 0.15) is 6.54 Å². The number of carbonyl (C=O) groups excluding carboxylic acids is 3. The van der Waals surface area contributed by atoms with Crippen molar-refractivity contribution in [2.24, 2.45) is 0 Å². The van der Waals surface area contributed by atoms with Crippen LogP contribution in [0.15, 0.2) is 48.5 Å². The largest absolute Gasteiger partial charge is 0.454 e. The van der Waals surface area contributed by atoms with E-state index < -0.39 is 11.9 Å². The molecule has 0 fully saturated rings. The van der Waals surface area contributed by atoms with Crippen LogP contribution in [-0.2, 0) is 20.7 Å². The Balaban J connectivity index is 1.45. The van der Waals surface area contributed by atoms with E-state index in [1.807, 2.05) is 24.3 Å². The van der Waals surface area contributed by atoms with Crippen LogP contribution >= 0.6 is 11.6 Å². The van der Waals surface area contributed by atoms with Crippen LogP contribution in [0.3, 0.4) is 0 Å². The lowest BCUT2D eigenvalue weighted by Crippen LogP contribution is -2.35. The molecule has 0 saturated heterocycles. The van der Waals surface area contributed by atoms with Crippen LogP contribution < -0.4 is 10.2 Å². The van der Waals surface area contributed by atoms with E-state index in [4.69, 9.17) is 16.3 Å². The number of ether oxygens (including phenoxy) is 1. The fourth-order valence-corrected chi connectivity index (χ4v) is 2.85. The first-order valence-electron chi connectivity index (χ1n) is 8.12. The van der Waals surface area contributed by atoms with Gasteiger partial charge in [-0.25, -0.2) is 0 Å². The quantitative estimate of drug-likeness (QED) is 0.816. The van der Waals surface area contributed by atoms with Crippen molar-refractivity contribution in [2.45, 2.75) is 6.42 Å². The Labute approximate surface area is 155 Å². The lowest BCUT2D eigenvalue weighted by atomic mass is 10.2. The van der Waals surface area contributed by atoms with Gasteiger partial charge in [-0.3, -0.25) is 14.4 Å². The van der Waals surface area contributed by atoms with Gasteiger partial charge in [-0.15, -0.1) is 0 Å². The summed E-state index contributed by atoms with van der Waals surface area (Å²) >= 11 is 5.76. The Hall–Kier alpha value is -2.86. The zero-order valence-electron chi connectivity index (χ0n) is 13.9. The second-order valence-corrected chi connectivity index (χ2v) is 6.21. The molecule has 2 amide bonds. The molecule has 0 atom stereocenters. The molecule has 2 aromatic carbocycles. The Morgan fingerprint density at radius 2 is 1.81 bits per heavy atom. The van der Waals surface area contributed by atoms with Crippen molar-refractivity contribution >= 4 is 35.1 Å². The number of halogens is 1. The van der Waals surface area contributed by atoms with Gasteiger partial charge in [0.2, 0.25) is 0 Å². The Bertz CT molecular complexity index is 836. The smallest absolute Gasteiger partial charge is 0.325 e. The summed E-state index contributed by atoms with van der Waals surface area (Å²) in [5.41, 5.74) is 2.33. The zero-order valence-corrected chi connectivity index (χ0v) is 14.7. The summed E-state index contributed by atoms with van der Waals surface area (Å²) in [6, 6.07) is 13.9. The number of amides is 2. The van der Waals surface area contributed by atoms with Crippen LogP contribution in [0.25, 0.3) is 0 Å². The fraction of sp³-hybridized carbons (Fsp3) is 0.211. The Morgan fingerprint density at radius 1 is 1.08 bits per heavy atom. The predicted molar refractivity (Wildman–Crippen MR) is 97.2 cm³/mol. The minimum Gasteiger partial charge on any atom is -0.454 e. The van der Waals surface area contributed by atoms with Crippen LogP contribution in [0.2, 0.25) is 5.02 Å². The highest BCUT2D eigenvalue weighted by molar-refractivity contribution is 6.30. The third-order valence-corrected chi connectivity index (χ3v) is 4.30. The monoisotopic (exact) mass is 372 g/mol. The molecule has 1 aliphatic rings. The normalized spacial score (nSPS) is 12.4. The highest BCUT2D eigenvalue weighted by atomic mass is 35.5. The number of carbonyl (C=O) groups is 3. The number of benzene rings is 2. The van der Waals surface area contributed by atoms with Gasteiger partial charge in [0, 0.05) is 22.8 Å². The third kappa shape index (κ3) is 4.21. The van der Waals surface area contributed by atoms with Crippen LogP contribution in [-0.4, -0.2) is 37.5 Å². The molecule has 0 saturated carbocycles. The van der Waals surface area contributed by atoms with E-state index in [0.29, 0.717) is 17.1 Å². The summed E-state index contributed by atoms with van der Waals surface area (Å²) in [6.45, 7) is -0.0989. The Kier molecular flexibility index (Phi) is 5.53. The molecule has 0 spiro atoms. The van der Waals surface area contributed by atoms with E-state index >= 15 is 0 Å². The third-order valence-electron chi connectivity index (χ3n) is 4.04. The summed E-state index contributed by atoms with van der Waals surface area (Å²) in [7, 11) is 0. The zero-order chi connectivity index (χ0) is 18.5. The Morgan fingerprint density at radius 3 is 2.58 bits per heavy atom. The molecule has 1 heterocycles. The second kappa shape index (κ2) is 8.01. The first-order chi connectivity index (χ1) is 12.5. The lowest BCUT2D eigenvalue weighted by molar-refractivity contribution is -0.146. The summed E-state index contributed by atoms with van der Waals surface area (Å²) in [5, 5.41) is 2.96. The molecule has 0 unspecified atom stereocenters. The highest BCUT2D eigenvalue weighted by Gasteiger charge is 2.24. The fourth-order valence-electron chi connectivity index (χ4n) is 2.72. The molecule has 0 bridgehead atoms. The van der Waals surface area contributed by atoms with E-state index in [1.165, 1.54) is 0 Å². The molecule has 1 aliphatic heterocycles. The molecule has 134 valence electrons. The standard InChI is InChI=1S/C19H17ClN2O4/c20-15-7-5-14(6-8-15)19(25)21-11-18(24)26-12-17(23)22-10-9-13-3-1-2-4-16(13)22/h1-8H,9-12H2,(H,21,25). The van der Waals surface area contributed by atoms with Crippen LogP contribution in [0.4, 0.5) is 5.69 Å². The van der Waals surface area contributed by atoms with E-state index in [9.17, 15) is 14.4 Å². The molecule has 0 aromatic heterocycles. The van der Waals surface area contributed by atoms with Gasteiger partial charge in [-0.2, -0.15) is 0 Å². The number of rotatable bonds is 5. The maximum atomic E-state index is 12.3. The van der Waals surface area contributed by atoms with Gasteiger partial charge in [0.15, 0.2) is 6.61 Å². The van der Waals surface area contributed by atoms with Gasteiger partial charge in [0.05, 0.1) is 0 Å². The van der Waals surface area contributed by atoms with E-state index in [2.05, 4.69) is 5.32 Å². The van der Waals surface area contributed by atoms with E-state index in [1.54, 1.807) is 29.2 Å². The molecule has 0 radical (unpaired) electrons. The molecule has 0 aliphatic carbocycles. The van der Waals surface area contributed by atoms with Crippen LogP contribution in [0.1, 0.15) is 15.9 Å². The molecule has 26 heavy (non-hydrogen) atoms. The number of fused-ring (bicyclic) bond motifs is 1. The van der Waals surface area contributed by atoms with E-state index in [0.717, 1.165) is 17.7 Å². The maximum Gasteiger partial charge on any atom is 0.325 e. The van der Waals surface area contributed by atoms with Crippen molar-refractivity contribution in [2.75, 3.05) is 24.6 Å². The van der Waals surface area contributed by atoms with Crippen molar-refractivity contribution in [3.05, 3.63) is 64.7 Å². The minimum atomic E-state index is -0.673. The van der Waals surface area contributed by atoms with Crippen molar-refractivity contribution in [1.82, 2.24) is 5.32 Å². The van der Waals surface area contributed by atoms with Gasteiger partial charge in [-0.1, -0.05) is 29.8 Å². The number of anilines is 1. The van der Waals surface area contributed by atoms with Crippen LogP contribution in [0.5, 0.6) is 0 Å². The summed E-state index contributed by atoms with van der Waals surface area (Å²) in [5.74, 6) is -1.38. The average molecular weight is 373 g/mol. The molecule has 1 N–H and O–H groups in total. The number of nitrogens with one attached hydrogen (secondary N) is 1. The van der Waals surface area contributed by atoms with Crippen molar-refractivity contribution in [3.63, 3.8) is 0 Å². The van der Waals surface area contributed by atoms with E-state index in [-0.39, 0.29) is 19.1 Å². The number of hydrogen-bond donors (Lipinski definition) is 1. The van der Waals surface area contributed by atoms with Gasteiger partial charge < -0.3 is 15.0 Å². The number of nitrogens with zero attached hydrogens (tertiary/aromatic N) is 1. The summed E-state index contributed by atoms with van der Waals surface area (Å²) in [6.07, 6.45) is 0.785. The van der Waals surface area contributed by atoms with Crippen LogP contribution in [0, 0.1) is 0 Å². The van der Waals surface area contributed by atoms with Gasteiger partial charge in [-0.05, 0) is 42.3 Å². The van der Waals surface area contributed by atoms with Crippen molar-refractivity contribution in [3.8, 4) is 0 Å². The summed E-state index contributed by atoms with van der Waals surface area (Å²) < 4.78 is 4.97. The minimum absolute atomic E-state index is 0.285. The van der Waals surface area contributed by atoms with Crippen molar-refractivity contribution < 1.29 is 19.1 Å². The topological polar surface area (TPSA) is 75.7 Å². The number of para-hydroxylation sites is 1. The molecule has 6 nitrogen and oxygen atoms in total.